The van der Waals surface area contributed by atoms with E-state index in [0.29, 0.717) is 0 Å². The van der Waals surface area contributed by atoms with Crippen LogP contribution in [-0.4, -0.2) is 6.71 Å². The molecule has 0 fully saturated rings. The molecule has 0 saturated carbocycles. The zero-order valence-electron chi connectivity index (χ0n) is 26.7. The zero-order valence-corrected chi connectivity index (χ0v) is 26.7. The van der Waals surface area contributed by atoms with Crippen LogP contribution in [-0.2, 0) is 0 Å². The Morgan fingerprint density at radius 2 is 0.875 bits per heavy atom. The van der Waals surface area contributed by atoms with Crippen LogP contribution in [0.4, 0.5) is 17.1 Å². The number of anilines is 3. The predicted octanol–water partition coefficient (Wildman–Crippen LogP) is 9.96. The fourth-order valence-electron chi connectivity index (χ4n) is 7.79. The number of fused-ring (bicyclic) bond motifs is 10. The Balaban J connectivity index is 1.19. The molecule has 48 heavy (non-hydrogen) atoms. The number of hydrogen-bond acceptors (Lipinski definition) is 3. The van der Waals surface area contributed by atoms with Gasteiger partial charge in [0.15, 0.2) is 0 Å². The van der Waals surface area contributed by atoms with Crippen LogP contribution in [0.5, 0.6) is 23.0 Å². The maximum Gasteiger partial charge on any atom is 0.260 e. The standard InChI is InChI=1S/C44H30BNO2/c1-27-14-18-29(19-15-27)46(30-20-16-28(2)17-21-30)31-22-23-38-42(24-31)47-40-12-7-13-41-44(40)45(38)39-25-36-34-10-5-3-8-32(34)33-9-4-6-11-35(33)37(36)26-43(39)48-41/h3-26H,1-2H3. The van der Waals surface area contributed by atoms with Crippen molar-refractivity contribution < 1.29 is 9.47 Å². The largest absolute Gasteiger partial charge is 0.458 e. The van der Waals surface area contributed by atoms with Crippen molar-refractivity contribution >= 4 is 72.5 Å². The van der Waals surface area contributed by atoms with E-state index in [9.17, 15) is 0 Å². The second-order valence-electron chi connectivity index (χ2n) is 13.1. The highest BCUT2D eigenvalue weighted by Gasteiger charge is 2.40. The van der Waals surface area contributed by atoms with Gasteiger partial charge >= 0.3 is 0 Å². The van der Waals surface area contributed by atoms with E-state index in [1.807, 2.05) is 6.07 Å². The summed E-state index contributed by atoms with van der Waals surface area (Å²) in [6, 6.07) is 52.3. The fraction of sp³-hybridized carbons (Fsp3) is 0.0455. The van der Waals surface area contributed by atoms with Crippen molar-refractivity contribution in [3.8, 4) is 23.0 Å². The number of aryl methyl sites for hydroxylation is 2. The van der Waals surface area contributed by atoms with Gasteiger partial charge in [-0.15, -0.1) is 0 Å². The van der Waals surface area contributed by atoms with Crippen LogP contribution < -0.4 is 30.8 Å². The summed E-state index contributed by atoms with van der Waals surface area (Å²) in [7, 11) is 0. The van der Waals surface area contributed by atoms with E-state index in [1.165, 1.54) is 43.4 Å². The molecule has 0 atom stereocenters. The van der Waals surface area contributed by atoms with Crippen LogP contribution in [0.3, 0.4) is 0 Å². The minimum atomic E-state index is -0.0282. The van der Waals surface area contributed by atoms with Crippen molar-refractivity contribution in [3.05, 3.63) is 157 Å². The molecule has 3 nitrogen and oxygen atoms in total. The summed E-state index contributed by atoms with van der Waals surface area (Å²) in [4.78, 5) is 2.30. The van der Waals surface area contributed by atoms with Crippen LogP contribution in [0.2, 0.25) is 0 Å². The molecule has 0 aromatic heterocycles. The van der Waals surface area contributed by atoms with Crippen molar-refractivity contribution in [2.45, 2.75) is 13.8 Å². The van der Waals surface area contributed by atoms with Gasteiger partial charge in [-0.1, -0.05) is 102 Å². The quantitative estimate of drug-likeness (QED) is 0.146. The van der Waals surface area contributed by atoms with Gasteiger partial charge < -0.3 is 14.4 Å². The number of nitrogens with zero attached hydrogens (tertiary/aromatic N) is 1. The van der Waals surface area contributed by atoms with E-state index in [4.69, 9.17) is 9.47 Å². The molecule has 8 aromatic carbocycles. The third kappa shape index (κ3) is 4.02. The molecule has 2 heterocycles. The highest BCUT2D eigenvalue weighted by atomic mass is 16.5. The first-order valence-corrected chi connectivity index (χ1v) is 16.5. The third-order valence-electron chi connectivity index (χ3n) is 10.1. The second kappa shape index (κ2) is 10.3. The Labute approximate surface area is 279 Å². The second-order valence-corrected chi connectivity index (χ2v) is 13.1. The van der Waals surface area contributed by atoms with Gasteiger partial charge in [0, 0.05) is 28.6 Å². The van der Waals surface area contributed by atoms with E-state index in [2.05, 4.69) is 158 Å². The average Bonchev–Trinajstić information content (AvgIpc) is 3.12. The fourth-order valence-corrected chi connectivity index (χ4v) is 7.79. The van der Waals surface area contributed by atoms with Crippen LogP contribution in [0.15, 0.2) is 146 Å². The Bertz CT molecular complexity index is 2550. The first kappa shape index (κ1) is 27.1. The van der Waals surface area contributed by atoms with E-state index < -0.39 is 0 Å². The average molecular weight is 616 g/mol. The normalized spacial score (nSPS) is 12.7. The Morgan fingerprint density at radius 1 is 0.396 bits per heavy atom. The van der Waals surface area contributed by atoms with Crippen molar-refractivity contribution in [3.63, 3.8) is 0 Å². The van der Waals surface area contributed by atoms with Gasteiger partial charge in [0.05, 0.1) is 0 Å². The van der Waals surface area contributed by atoms with Gasteiger partial charge in [0.2, 0.25) is 0 Å². The molecular formula is C44H30BNO2. The van der Waals surface area contributed by atoms with Crippen molar-refractivity contribution in [2.75, 3.05) is 4.90 Å². The highest BCUT2D eigenvalue weighted by Crippen LogP contribution is 2.42. The van der Waals surface area contributed by atoms with Gasteiger partial charge in [-0.05, 0) is 106 Å². The lowest BCUT2D eigenvalue weighted by atomic mass is 9.34. The van der Waals surface area contributed by atoms with E-state index in [0.717, 1.165) is 56.4 Å². The molecule has 0 unspecified atom stereocenters. The van der Waals surface area contributed by atoms with E-state index in [-0.39, 0.29) is 6.71 Å². The van der Waals surface area contributed by atoms with Crippen LogP contribution in [0, 0.1) is 13.8 Å². The smallest absolute Gasteiger partial charge is 0.260 e. The molecule has 2 aliphatic heterocycles. The van der Waals surface area contributed by atoms with Crippen molar-refractivity contribution in [2.24, 2.45) is 0 Å². The van der Waals surface area contributed by atoms with Crippen molar-refractivity contribution in [1.29, 1.82) is 0 Å². The van der Waals surface area contributed by atoms with Crippen LogP contribution >= 0.6 is 0 Å². The molecule has 0 saturated heterocycles. The lowest BCUT2D eigenvalue weighted by Crippen LogP contribution is -2.57. The minimum absolute atomic E-state index is 0.0282. The maximum absolute atomic E-state index is 6.75. The first-order chi connectivity index (χ1) is 23.6. The van der Waals surface area contributed by atoms with Gasteiger partial charge in [-0.2, -0.15) is 0 Å². The number of hydrogen-bond donors (Lipinski definition) is 0. The van der Waals surface area contributed by atoms with Crippen LogP contribution in [0.25, 0.3) is 32.3 Å². The van der Waals surface area contributed by atoms with Crippen molar-refractivity contribution in [1.82, 2.24) is 0 Å². The maximum atomic E-state index is 6.75. The molecule has 226 valence electrons. The monoisotopic (exact) mass is 615 g/mol. The predicted molar refractivity (Wildman–Crippen MR) is 201 cm³/mol. The summed E-state index contributed by atoms with van der Waals surface area (Å²) in [5, 5.41) is 7.46. The molecule has 4 heteroatoms. The Kier molecular flexibility index (Phi) is 5.80. The van der Waals surface area contributed by atoms with Gasteiger partial charge in [0.25, 0.3) is 6.71 Å². The van der Waals surface area contributed by atoms with E-state index in [1.54, 1.807) is 0 Å². The Hall–Kier alpha value is -6.00. The summed E-state index contributed by atoms with van der Waals surface area (Å²) in [6.45, 7) is 4.22. The number of benzene rings is 8. The molecule has 0 amide bonds. The Morgan fingerprint density at radius 3 is 1.44 bits per heavy atom. The summed E-state index contributed by atoms with van der Waals surface area (Å²) in [6.07, 6.45) is 0. The van der Waals surface area contributed by atoms with Gasteiger partial charge in [-0.25, -0.2) is 0 Å². The first-order valence-electron chi connectivity index (χ1n) is 16.5. The lowest BCUT2D eigenvalue weighted by Gasteiger charge is -2.34. The molecule has 8 aromatic rings. The zero-order chi connectivity index (χ0) is 31.9. The lowest BCUT2D eigenvalue weighted by molar-refractivity contribution is 0.465. The molecule has 0 radical (unpaired) electrons. The SMILES string of the molecule is Cc1ccc(N(c2ccc(C)cc2)c2ccc3c(c2)Oc2cccc4c2B3c2cc3c5ccccc5c5ccccc5c3cc2O4)cc1. The molecular weight excluding hydrogens is 585 g/mol. The van der Waals surface area contributed by atoms with E-state index >= 15 is 0 Å². The summed E-state index contributed by atoms with van der Waals surface area (Å²) in [5.41, 5.74) is 9.10. The van der Waals surface area contributed by atoms with Crippen LogP contribution in [0.1, 0.15) is 11.1 Å². The topological polar surface area (TPSA) is 21.7 Å². The molecule has 0 aliphatic carbocycles. The third-order valence-corrected chi connectivity index (χ3v) is 10.1. The highest BCUT2D eigenvalue weighted by molar-refractivity contribution is 6.98. The number of rotatable bonds is 3. The van der Waals surface area contributed by atoms with Gasteiger partial charge in [-0.3, -0.25) is 0 Å². The number of ether oxygens (including phenoxy) is 2. The minimum Gasteiger partial charge on any atom is -0.458 e. The summed E-state index contributed by atoms with van der Waals surface area (Å²) >= 11 is 0. The summed E-state index contributed by atoms with van der Waals surface area (Å²) < 4.78 is 13.5. The molecule has 10 rings (SSSR count). The van der Waals surface area contributed by atoms with Gasteiger partial charge in [0.1, 0.15) is 23.0 Å². The molecule has 0 bridgehead atoms. The molecule has 0 N–H and O–H groups in total. The summed E-state index contributed by atoms with van der Waals surface area (Å²) in [5.74, 6) is 3.46. The molecule has 0 spiro atoms. The molecule has 2 aliphatic rings.